The molecule has 2 rings (SSSR count). The maximum atomic E-state index is 11.7. The van der Waals surface area contributed by atoms with E-state index < -0.39 is 23.8 Å². The molecule has 8 heteroatoms. The Hall–Kier alpha value is -4.46. The molecule has 0 aliphatic heterocycles. The van der Waals surface area contributed by atoms with E-state index in [-0.39, 0.29) is 5.41 Å². The standard InChI is InChI=1S/C26H26N2O6/c1-17(18-4-8-20(9-5-18)27-22(29)12-14-24(31)32)16-26(2,3)19-6-10-21(11-7-19)28-23(30)13-15-25(33)34/h4-15H,1,16H2,2-3H3,(H,27,29)(H,28,30)(H,31,32)(H,33,34)/b14-12+,15-13+. The van der Waals surface area contributed by atoms with E-state index >= 15 is 0 Å². The van der Waals surface area contributed by atoms with E-state index in [1.807, 2.05) is 24.3 Å². The fraction of sp³-hybridized carbons (Fsp3) is 0.154. The highest BCUT2D eigenvalue weighted by molar-refractivity contribution is 6.03. The zero-order chi connectivity index (χ0) is 25.3. The first kappa shape index (κ1) is 25.8. The van der Waals surface area contributed by atoms with Gasteiger partial charge in [0.25, 0.3) is 0 Å². The lowest BCUT2D eigenvalue weighted by atomic mass is 9.78. The molecule has 0 bridgehead atoms. The Kier molecular flexibility index (Phi) is 8.66. The van der Waals surface area contributed by atoms with Crippen molar-refractivity contribution in [2.75, 3.05) is 10.6 Å². The third-order valence-electron chi connectivity index (χ3n) is 4.90. The van der Waals surface area contributed by atoms with Crippen molar-refractivity contribution in [3.63, 3.8) is 0 Å². The van der Waals surface area contributed by atoms with Crippen LogP contribution in [0.3, 0.4) is 0 Å². The van der Waals surface area contributed by atoms with Crippen LogP contribution in [0, 0.1) is 0 Å². The number of benzene rings is 2. The van der Waals surface area contributed by atoms with E-state index in [9.17, 15) is 19.2 Å². The van der Waals surface area contributed by atoms with Crippen LogP contribution in [-0.4, -0.2) is 34.0 Å². The van der Waals surface area contributed by atoms with Crippen molar-refractivity contribution in [2.24, 2.45) is 0 Å². The molecule has 0 aliphatic rings. The topological polar surface area (TPSA) is 133 Å². The molecule has 0 spiro atoms. The molecule has 0 aromatic heterocycles. The average molecular weight is 463 g/mol. The van der Waals surface area contributed by atoms with Gasteiger partial charge in [-0.1, -0.05) is 44.7 Å². The largest absolute Gasteiger partial charge is 0.478 e. The van der Waals surface area contributed by atoms with Gasteiger partial charge in [0.1, 0.15) is 0 Å². The molecular formula is C26H26N2O6. The highest BCUT2D eigenvalue weighted by atomic mass is 16.4. The summed E-state index contributed by atoms with van der Waals surface area (Å²) in [7, 11) is 0. The molecule has 0 fully saturated rings. The number of hydrogen-bond acceptors (Lipinski definition) is 4. The highest BCUT2D eigenvalue weighted by Gasteiger charge is 2.22. The first-order valence-corrected chi connectivity index (χ1v) is 10.3. The molecule has 0 heterocycles. The number of rotatable bonds is 10. The van der Waals surface area contributed by atoms with Gasteiger partial charge in [0.2, 0.25) is 11.8 Å². The van der Waals surface area contributed by atoms with Gasteiger partial charge in [-0.05, 0) is 52.8 Å². The molecule has 0 radical (unpaired) electrons. The van der Waals surface area contributed by atoms with Gasteiger partial charge in [0.15, 0.2) is 0 Å². The second kappa shape index (κ2) is 11.4. The highest BCUT2D eigenvalue weighted by Crippen LogP contribution is 2.34. The van der Waals surface area contributed by atoms with E-state index in [1.165, 1.54) is 0 Å². The zero-order valence-electron chi connectivity index (χ0n) is 18.9. The van der Waals surface area contributed by atoms with Gasteiger partial charge >= 0.3 is 11.9 Å². The fourth-order valence-electron chi connectivity index (χ4n) is 3.19. The molecule has 34 heavy (non-hydrogen) atoms. The van der Waals surface area contributed by atoms with Crippen LogP contribution in [0.2, 0.25) is 0 Å². The van der Waals surface area contributed by atoms with Crippen LogP contribution in [0.15, 0.2) is 79.4 Å². The minimum atomic E-state index is -1.20. The smallest absolute Gasteiger partial charge is 0.328 e. The van der Waals surface area contributed by atoms with Crippen LogP contribution in [0.1, 0.15) is 31.4 Å². The lowest BCUT2D eigenvalue weighted by molar-refractivity contribution is -0.132. The van der Waals surface area contributed by atoms with E-state index in [0.29, 0.717) is 17.8 Å². The van der Waals surface area contributed by atoms with Gasteiger partial charge in [-0.15, -0.1) is 0 Å². The second-order valence-corrected chi connectivity index (χ2v) is 8.14. The summed E-state index contributed by atoms with van der Waals surface area (Å²) in [5.41, 5.74) is 3.64. The van der Waals surface area contributed by atoms with Gasteiger partial charge in [0.05, 0.1) is 0 Å². The Morgan fingerprint density at radius 3 is 1.59 bits per heavy atom. The van der Waals surface area contributed by atoms with Gasteiger partial charge in [-0.25, -0.2) is 9.59 Å². The van der Waals surface area contributed by atoms with E-state index in [0.717, 1.165) is 41.0 Å². The number of carbonyl (C=O) groups is 4. The number of carboxylic acids is 2. The molecule has 2 aromatic rings. The summed E-state index contributed by atoms with van der Waals surface area (Å²) in [6, 6.07) is 14.4. The van der Waals surface area contributed by atoms with Crippen molar-refractivity contribution in [3.8, 4) is 0 Å². The number of carboxylic acid groups (broad SMARTS) is 2. The SMILES string of the molecule is C=C(CC(C)(C)c1ccc(NC(=O)/C=C/C(=O)O)cc1)c1ccc(NC(=O)/C=C/C(=O)O)cc1. The summed E-state index contributed by atoms with van der Waals surface area (Å²) in [5.74, 6) is -3.45. The third kappa shape index (κ3) is 8.23. The Labute approximate surface area is 197 Å². The second-order valence-electron chi connectivity index (χ2n) is 8.14. The molecule has 0 unspecified atom stereocenters. The van der Waals surface area contributed by atoms with Gasteiger partial charge < -0.3 is 20.8 Å². The number of allylic oxidation sites excluding steroid dienone is 1. The third-order valence-corrected chi connectivity index (χ3v) is 4.90. The van der Waals surface area contributed by atoms with Crippen molar-refractivity contribution in [2.45, 2.75) is 25.7 Å². The first-order chi connectivity index (χ1) is 16.0. The normalized spacial score (nSPS) is 11.4. The van der Waals surface area contributed by atoms with E-state index in [4.69, 9.17) is 10.2 Å². The van der Waals surface area contributed by atoms with Crippen LogP contribution >= 0.6 is 0 Å². The summed E-state index contributed by atoms with van der Waals surface area (Å²) < 4.78 is 0. The summed E-state index contributed by atoms with van der Waals surface area (Å²) in [4.78, 5) is 44.4. The molecule has 2 aromatic carbocycles. The number of nitrogens with one attached hydrogen (secondary N) is 2. The van der Waals surface area contributed by atoms with Crippen molar-refractivity contribution in [3.05, 3.63) is 90.5 Å². The summed E-state index contributed by atoms with van der Waals surface area (Å²) in [5, 5.41) is 22.3. The van der Waals surface area contributed by atoms with E-state index in [2.05, 4.69) is 31.1 Å². The quantitative estimate of drug-likeness (QED) is 0.391. The Bertz CT molecular complexity index is 1140. The summed E-state index contributed by atoms with van der Waals surface area (Å²) in [6.45, 7) is 8.34. The average Bonchev–Trinajstić information content (AvgIpc) is 2.77. The first-order valence-electron chi connectivity index (χ1n) is 10.3. The van der Waals surface area contributed by atoms with Gasteiger partial charge in [0, 0.05) is 35.7 Å². The number of amides is 2. The summed E-state index contributed by atoms with van der Waals surface area (Å²) >= 11 is 0. The zero-order valence-corrected chi connectivity index (χ0v) is 18.9. The molecule has 0 saturated carbocycles. The number of hydrogen-bond donors (Lipinski definition) is 4. The summed E-state index contributed by atoms with van der Waals surface area (Å²) in [6.07, 6.45) is 4.09. The van der Waals surface area contributed by atoms with Gasteiger partial charge in [-0.2, -0.15) is 0 Å². The molecule has 0 aliphatic carbocycles. The lowest BCUT2D eigenvalue weighted by Crippen LogP contribution is -2.18. The Balaban J connectivity index is 2.00. The molecule has 176 valence electrons. The van der Waals surface area contributed by atoms with Crippen LogP contribution in [0.4, 0.5) is 11.4 Å². The van der Waals surface area contributed by atoms with Crippen LogP contribution < -0.4 is 10.6 Å². The minimum Gasteiger partial charge on any atom is -0.478 e. The Morgan fingerprint density at radius 2 is 1.18 bits per heavy atom. The molecule has 0 atom stereocenters. The molecule has 2 amide bonds. The number of carbonyl (C=O) groups excluding carboxylic acids is 2. The Morgan fingerprint density at radius 1 is 0.765 bits per heavy atom. The van der Waals surface area contributed by atoms with Crippen molar-refractivity contribution in [1.29, 1.82) is 0 Å². The van der Waals surface area contributed by atoms with Crippen LogP contribution in [-0.2, 0) is 24.6 Å². The monoisotopic (exact) mass is 462 g/mol. The molecule has 0 saturated heterocycles. The fourth-order valence-corrected chi connectivity index (χ4v) is 3.19. The predicted molar refractivity (Wildman–Crippen MR) is 130 cm³/mol. The maximum absolute atomic E-state index is 11.7. The van der Waals surface area contributed by atoms with Crippen LogP contribution in [0.25, 0.3) is 5.57 Å². The number of aliphatic carboxylic acids is 2. The minimum absolute atomic E-state index is 0.267. The molecule has 4 N–H and O–H groups in total. The predicted octanol–water partition coefficient (Wildman–Crippen LogP) is 4.23. The van der Waals surface area contributed by atoms with Crippen LogP contribution in [0.5, 0.6) is 0 Å². The lowest BCUT2D eigenvalue weighted by Gasteiger charge is -2.27. The number of anilines is 2. The van der Waals surface area contributed by atoms with Crippen molar-refractivity contribution in [1.82, 2.24) is 0 Å². The molecule has 8 nitrogen and oxygen atoms in total. The van der Waals surface area contributed by atoms with E-state index in [1.54, 1.807) is 24.3 Å². The maximum Gasteiger partial charge on any atom is 0.328 e. The van der Waals surface area contributed by atoms with Gasteiger partial charge in [-0.3, -0.25) is 9.59 Å². The van der Waals surface area contributed by atoms with Crippen molar-refractivity contribution < 1.29 is 29.4 Å². The van der Waals surface area contributed by atoms with Crippen molar-refractivity contribution >= 4 is 40.7 Å². The molecular weight excluding hydrogens is 436 g/mol.